The first-order valence-corrected chi connectivity index (χ1v) is 9.64. The van der Waals surface area contributed by atoms with E-state index in [0.717, 1.165) is 18.9 Å². The number of nitrogens with one attached hydrogen (secondary N) is 1. The first-order chi connectivity index (χ1) is 14.2. The van der Waals surface area contributed by atoms with E-state index < -0.39 is 17.6 Å². The van der Waals surface area contributed by atoms with Crippen molar-refractivity contribution in [3.63, 3.8) is 0 Å². The Morgan fingerprint density at radius 1 is 1.33 bits per heavy atom. The summed E-state index contributed by atoms with van der Waals surface area (Å²) < 4.78 is 47.2. The molecule has 4 rings (SSSR count). The number of carbonyl (C=O) groups excluding carboxylic acids is 1. The third-order valence-electron chi connectivity index (χ3n) is 4.93. The van der Waals surface area contributed by atoms with Crippen LogP contribution in [0.15, 0.2) is 24.3 Å². The largest absolute Gasteiger partial charge is 0.495 e. The summed E-state index contributed by atoms with van der Waals surface area (Å²) in [5.41, 5.74) is 0.292. The molecule has 1 fully saturated rings. The fourth-order valence-corrected chi connectivity index (χ4v) is 3.63. The topological polar surface area (TPSA) is 69.0 Å². The molecule has 30 heavy (non-hydrogen) atoms. The Kier molecular flexibility index (Phi) is 5.09. The summed E-state index contributed by atoms with van der Waals surface area (Å²) in [6.07, 6.45) is -2.92. The van der Waals surface area contributed by atoms with Gasteiger partial charge in [-0.25, -0.2) is 9.67 Å². The Balaban J connectivity index is 1.66. The van der Waals surface area contributed by atoms with Gasteiger partial charge in [0.25, 0.3) is 0 Å². The van der Waals surface area contributed by atoms with Crippen LogP contribution in [0.1, 0.15) is 35.7 Å². The number of aromatic nitrogens is 3. The maximum atomic E-state index is 13.7. The van der Waals surface area contributed by atoms with Crippen LogP contribution in [0.4, 0.5) is 18.9 Å². The third kappa shape index (κ3) is 3.94. The van der Waals surface area contributed by atoms with Crippen LogP contribution in [0.25, 0.3) is 11.0 Å². The van der Waals surface area contributed by atoms with E-state index >= 15 is 0 Å². The number of pyridine rings is 1. The second kappa shape index (κ2) is 7.46. The second-order valence-electron chi connectivity index (χ2n) is 7.21. The number of carbonyl (C=O) groups is 1. The summed E-state index contributed by atoms with van der Waals surface area (Å²) in [5.74, 6) is 0.0158. The number of nitrogens with zero attached hydrogens (tertiary/aromatic N) is 3. The lowest BCUT2D eigenvalue weighted by Gasteiger charge is -2.11. The fraction of sp³-hybridized carbons (Fsp3) is 0.350. The van der Waals surface area contributed by atoms with Crippen molar-refractivity contribution in [2.24, 2.45) is 0 Å². The van der Waals surface area contributed by atoms with Gasteiger partial charge in [-0.05, 0) is 44.0 Å². The van der Waals surface area contributed by atoms with Crippen molar-refractivity contribution in [1.29, 1.82) is 0 Å². The zero-order valence-corrected chi connectivity index (χ0v) is 16.9. The molecule has 0 aliphatic heterocycles. The van der Waals surface area contributed by atoms with Gasteiger partial charge in [-0.2, -0.15) is 18.3 Å². The lowest BCUT2D eigenvalue weighted by atomic mass is 10.1. The van der Waals surface area contributed by atoms with Crippen LogP contribution >= 0.6 is 11.6 Å². The van der Waals surface area contributed by atoms with Crippen molar-refractivity contribution in [2.45, 2.75) is 38.4 Å². The minimum atomic E-state index is -4.54. The molecule has 1 aliphatic rings. The molecule has 0 saturated heterocycles. The van der Waals surface area contributed by atoms with Gasteiger partial charge in [0, 0.05) is 17.3 Å². The highest BCUT2D eigenvalue weighted by atomic mass is 35.5. The summed E-state index contributed by atoms with van der Waals surface area (Å²) in [7, 11) is 1.47. The van der Waals surface area contributed by atoms with Gasteiger partial charge in [-0.15, -0.1) is 0 Å². The maximum absolute atomic E-state index is 13.7. The fourth-order valence-electron chi connectivity index (χ4n) is 3.38. The summed E-state index contributed by atoms with van der Waals surface area (Å²) in [6.45, 7) is 1.19. The highest BCUT2D eigenvalue weighted by molar-refractivity contribution is 6.32. The van der Waals surface area contributed by atoms with Gasteiger partial charge in [-0.1, -0.05) is 11.6 Å². The van der Waals surface area contributed by atoms with Gasteiger partial charge in [-0.3, -0.25) is 4.79 Å². The number of hydrogen-bond donors (Lipinski definition) is 1. The average molecular weight is 439 g/mol. The number of rotatable bonds is 5. The number of amides is 1. The number of hydrogen-bond acceptors (Lipinski definition) is 4. The van der Waals surface area contributed by atoms with Crippen LogP contribution in [0.5, 0.6) is 5.75 Å². The Hall–Kier alpha value is -2.81. The van der Waals surface area contributed by atoms with Crippen LogP contribution in [-0.4, -0.2) is 27.8 Å². The molecule has 158 valence electrons. The summed E-state index contributed by atoms with van der Waals surface area (Å²) in [6, 6.07) is 5.85. The van der Waals surface area contributed by atoms with Gasteiger partial charge in [0.2, 0.25) is 5.91 Å². The van der Waals surface area contributed by atoms with E-state index in [1.54, 1.807) is 12.1 Å². The smallest absolute Gasteiger partial charge is 0.417 e. The van der Waals surface area contributed by atoms with E-state index in [1.807, 2.05) is 0 Å². The molecule has 10 heteroatoms. The summed E-state index contributed by atoms with van der Waals surface area (Å²) >= 11 is 6.06. The molecule has 6 nitrogen and oxygen atoms in total. The minimum absolute atomic E-state index is 0.0226. The number of anilines is 1. The van der Waals surface area contributed by atoms with Crippen molar-refractivity contribution in [2.75, 3.05) is 12.4 Å². The Bertz CT molecular complexity index is 1140. The van der Waals surface area contributed by atoms with Crippen molar-refractivity contribution in [3.05, 3.63) is 46.2 Å². The molecule has 0 radical (unpaired) electrons. The maximum Gasteiger partial charge on any atom is 0.417 e. The second-order valence-corrected chi connectivity index (χ2v) is 7.61. The van der Waals surface area contributed by atoms with Gasteiger partial charge < -0.3 is 10.1 Å². The first-order valence-electron chi connectivity index (χ1n) is 9.26. The number of fused-ring (bicyclic) bond motifs is 1. The number of alkyl halides is 3. The van der Waals surface area contributed by atoms with Crippen molar-refractivity contribution in [3.8, 4) is 5.75 Å². The van der Waals surface area contributed by atoms with E-state index in [4.69, 9.17) is 16.3 Å². The molecule has 0 atom stereocenters. The molecule has 1 amide bonds. The number of benzene rings is 1. The molecular formula is C20H18ClF3N4O2. The van der Waals surface area contributed by atoms with Crippen LogP contribution in [0.3, 0.4) is 0 Å². The zero-order chi connectivity index (χ0) is 21.6. The first kappa shape index (κ1) is 20.5. The number of ether oxygens (including phenoxy) is 1. The van der Waals surface area contributed by atoms with Crippen LogP contribution in [0, 0.1) is 6.92 Å². The van der Waals surface area contributed by atoms with Crippen LogP contribution in [-0.2, 0) is 17.5 Å². The molecule has 0 spiro atoms. The van der Waals surface area contributed by atoms with E-state index in [0.29, 0.717) is 22.2 Å². The SMILES string of the molecule is COc1ccc(NC(=O)Cn2nc(C)c3c(C(F)(F)F)cc(C4CC4)nc32)cc1Cl. The zero-order valence-electron chi connectivity index (χ0n) is 16.2. The molecule has 1 aliphatic carbocycles. The van der Waals surface area contributed by atoms with E-state index in [-0.39, 0.29) is 29.2 Å². The van der Waals surface area contributed by atoms with Crippen molar-refractivity contribution in [1.82, 2.24) is 14.8 Å². The van der Waals surface area contributed by atoms with Gasteiger partial charge in [0.1, 0.15) is 12.3 Å². The Morgan fingerprint density at radius 2 is 2.07 bits per heavy atom. The van der Waals surface area contributed by atoms with Crippen molar-refractivity contribution >= 4 is 34.2 Å². The summed E-state index contributed by atoms with van der Waals surface area (Å²) in [5, 5.41) is 7.06. The van der Waals surface area contributed by atoms with Crippen molar-refractivity contribution < 1.29 is 22.7 Å². The third-order valence-corrected chi connectivity index (χ3v) is 5.22. The quantitative estimate of drug-likeness (QED) is 0.612. The molecule has 0 unspecified atom stereocenters. The standard InChI is InChI=1S/C20H18ClF3N4O2/c1-10-18-13(20(22,23)24)8-15(11-3-4-11)26-19(18)28(27-10)9-17(29)25-12-5-6-16(30-2)14(21)7-12/h5-8,11H,3-4,9H2,1-2H3,(H,25,29). The van der Waals surface area contributed by atoms with Gasteiger partial charge in [0.05, 0.1) is 28.8 Å². The van der Waals surface area contributed by atoms with Gasteiger partial charge >= 0.3 is 6.18 Å². The Labute approximate surface area is 175 Å². The van der Waals surface area contributed by atoms with E-state index in [1.165, 1.54) is 24.8 Å². The minimum Gasteiger partial charge on any atom is -0.495 e. The van der Waals surface area contributed by atoms with Crippen LogP contribution < -0.4 is 10.1 Å². The number of halogens is 4. The molecule has 2 aromatic heterocycles. The molecule has 3 aromatic rings. The monoisotopic (exact) mass is 438 g/mol. The van der Waals surface area contributed by atoms with Gasteiger partial charge in [0.15, 0.2) is 5.65 Å². The summed E-state index contributed by atoms with van der Waals surface area (Å²) in [4.78, 5) is 16.9. The lowest BCUT2D eigenvalue weighted by molar-refractivity contribution is -0.136. The number of methoxy groups -OCH3 is 1. The molecule has 1 aromatic carbocycles. The predicted octanol–water partition coefficient (Wildman–Crippen LogP) is 4.94. The Morgan fingerprint density at radius 3 is 2.67 bits per heavy atom. The van der Waals surface area contributed by atoms with E-state index in [2.05, 4.69) is 15.4 Å². The highest BCUT2D eigenvalue weighted by Gasteiger charge is 2.37. The molecule has 1 saturated carbocycles. The molecule has 2 heterocycles. The highest BCUT2D eigenvalue weighted by Crippen LogP contribution is 2.43. The van der Waals surface area contributed by atoms with Crippen LogP contribution in [0.2, 0.25) is 5.02 Å². The normalized spacial score (nSPS) is 14.2. The average Bonchev–Trinajstić information content (AvgIpc) is 3.46. The molecular weight excluding hydrogens is 421 g/mol. The lowest BCUT2D eigenvalue weighted by Crippen LogP contribution is -2.20. The molecule has 0 bridgehead atoms. The molecule has 1 N–H and O–H groups in total. The predicted molar refractivity (Wildman–Crippen MR) is 106 cm³/mol. The number of aryl methyl sites for hydroxylation is 1. The van der Waals surface area contributed by atoms with E-state index in [9.17, 15) is 18.0 Å².